The third-order valence-electron chi connectivity index (χ3n) is 3.98. The van der Waals surface area contributed by atoms with Crippen LogP contribution in [0.15, 0.2) is 60.7 Å². The van der Waals surface area contributed by atoms with Crippen molar-refractivity contribution in [1.82, 2.24) is 0 Å². The van der Waals surface area contributed by atoms with E-state index in [2.05, 4.69) is 22.8 Å². The molecule has 0 unspecified atom stereocenters. The topological polar surface area (TPSA) is 80.7 Å². The van der Waals surface area contributed by atoms with E-state index in [-0.39, 0.29) is 12.4 Å². The molecule has 3 aromatic rings. The summed E-state index contributed by atoms with van der Waals surface area (Å²) in [4.78, 5) is 0. The molecule has 0 atom stereocenters. The minimum Gasteiger partial charge on any atom is -1.00 e. The zero-order chi connectivity index (χ0) is 15.1. The number of nitrogens with one attached hydrogen (secondary N) is 1. The average molecular weight is 325 g/mol. The summed E-state index contributed by atoms with van der Waals surface area (Å²) in [6.07, 6.45) is 0. The lowest BCUT2D eigenvalue weighted by Gasteiger charge is -2.22. The van der Waals surface area contributed by atoms with Gasteiger partial charge in [-0.1, -0.05) is 30.3 Å². The fraction of sp³-hybridized carbons (Fsp3) is 0. The summed E-state index contributed by atoms with van der Waals surface area (Å²) in [5.74, 6) is 0. The number of halogens is 1. The fourth-order valence-electron chi connectivity index (χ4n) is 2.92. The van der Waals surface area contributed by atoms with Gasteiger partial charge in [-0.3, -0.25) is 5.32 Å². The molecule has 0 aromatic heterocycles. The first-order chi connectivity index (χ1) is 10.7. The van der Waals surface area contributed by atoms with E-state index in [1.165, 1.54) is 0 Å². The Balaban J connectivity index is 0.00000156. The number of hydrogen-bond donors (Lipinski definition) is 4. The summed E-state index contributed by atoms with van der Waals surface area (Å²) >= 11 is 0. The van der Waals surface area contributed by atoms with Crippen molar-refractivity contribution in [3.05, 3.63) is 60.7 Å². The molecule has 7 N–H and O–H groups in total. The molecule has 4 rings (SSSR count). The Hall–Kier alpha value is -2.69. The van der Waals surface area contributed by atoms with Gasteiger partial charge in [-0.05, 0) is 23.8 Å². The van der Waals surface area contributed by atoms with Crippen molar-refractivity contribution >= 4 is 34.1 Å². The first-order valence-corrected chi connectivity index (χ1v) is 7.21. The van der Waals surface area contributed by atoms with Crippen molar-refractivity contribution in [3.8, 4) is 11.1 Å². The zero-order valence-electron chi connectivity index (χ0n) is 12.4. The molecule has 0 saturated heterocycles. The number of nitrogen functional groups attached to an aromatic ring is 2. The molecule has 23 heavy (non-hydrogen) atoms. The van der Waals surface area contributed by atoms with Crippen molar-refractivity contribution in [3.63, 3.8) is 0 Å². The van der Waals surface area contributed by atoms with Gasteiger partial charge in [0.25, 0.3) is 0 Å². The third-order valence-corrected chi connectivity index (χ3v) is 3.98. The summed E-state index contributed by atoms with van der Waals surface area (Å²) in [5.41, 5.74) is 20.1. The lowest BCUT2D eigenvalue weighted by atomic mass is 9.98. The van der Waals surface area contributed by atoms with Crippen molar-refractivity contribution in [1.29, 1.82) is 0 Å². The maximum Gasteiger partial charge on any atom is 0.159 e. The Morgan fingerprint density at radius 3 is 2.35 bits per heavy atom. The molecule has 0 spiro atoms. The molecule has 0 radical (unpaired) electrons. The lowest BCUT2D eigenvalue weighted by Crippen LogP contribution is -3.00. The van der Waals surface area contributed by atoms with Crippen LogP contribution in [0.2, 0.25) is 0 Å². The molecule has 0 aliphatic carbocycles. The van der Waals surface area contributed by atoms with Crippen LogP contribution in [-0.2, 0) is 0 Å². The van der Waals surface area contributed by atoms with Gasteiger partial charge in [0.05, 0.1) is 0 Å². The van der Waals surface area contributed by atoms with E-state index in [0.29, 0.717) is 0 Å². The summed E-state index contributed by atoms with van der Waals surface area (Å²) < 4.78 is 0. The molecule has 0 bridgehead atoms. The van der Waals surface area contributed by atoms with Crippen molar-refractivity contribution in [2.24, 2.45) is 0 Å². The molecular formula is C18H17ClN4. The number of hydrogen-bond acceptors (Lipinski definition) is 3. The minimum absolute atomic E-state index is 0. The van der Waals surface area contributed by atoms with Crippen molar-refractivity contribution < 1.29 is 17.7 Å². The maximum absolute atomic E-state index is 6.25. The van der Waals surface area contributed by atoms with Gasteiger partial charge in [0.15, 0.2) is 11.4 Å². The fourth-order valence-corrected chi connectivity index (χ4v) is 2.92. The number of fused-ring (bicyclic) bond motifs is 2. The number of benzene rings is 3. The number of anilines is 4. The van der Waals surface area contributed by atoms with Crippen LogP contribution in [0, 0.1) is 0 Å². The van der Waals surface area contributed by atoms with Crippen LogP contribution in [0.4, 0.5) is 34.1 Å². The van der Waals surface area contributed by atoms with E-state index in [9.17, 15) is 0 Å². The van der Waals surface area contributed by atoms with Gasteiger partial charge in [-0.15, -0.1) is 0 Å². The van der Waals surface area contributed by atoms with Crippen molar-refractivity contribution in [2.45, 2.75) is 0 Å². The van der Waals surface area contributed by atoms with Gasteiger partial charge in [0, 0.05) is 29.1 Å². The molecule has 3 aromatic carbocycles. The first-order valence-electron chi connectivity index (χ1n) is 7.21. The molecule has 1 aliphatic heterocycles. The first kappa shape index (κ1) is 15.2. The van der Waals surface area contributed by atoms with Crippen LogP contribution in [0.5, 0.6) is 0 Å². The Kier molecular flexibility index (Phi) is 3.86. The van der Waals surface area contributed by atoms with Gasteiger partial charge in [-0.25, -0.2) is 0 Å². The van der Waals surface area contributed by atoms with Gasteiger partial charge in [0.1, 0.15) is 11.4 Å². The Morgan fingerprint density at radius 1 is 0.826 bits per heavy atom. The monoisotopic (exact) mass is 324 g/mol. The molecule has 5 heteroatoms. The summed E-state index contributed by atoms with van der Waals surface area (Å²) in [5, 5.41) is 5.66. The van der Waals surface area contributed by atoms with Gasteiger partial charge in [-0.2, -0.15) is 0 Å². The highest BCUT2D eigenvalue weighted by atomic mass is 35.5. The molecule has 4 nitrogen and oxygen atoms in total. The van der Waals surface area contributed by atoms with Gasteiger partial charge < -0.3 is 29.2 Å². The molecule has 0 saturated carbocycles. The molecule has 1 aliphatic rings. The van der Waals surface area contributed by atoms with Gasteiger partial charge in [0.2, 0.25) is 0 Å². The Labute approximate surface area is 140 Å². The van der Waals surface area contributed by atoms with Crippen LogP contribution < -0.4 is 34.5 Å². The maximum atomic E-state index is 6.25. The van der Waals surface area contributed by atoms with E-state index in [4.69, 9.17) is 11.5 Å². The Morgan fingerprint density at radius 2 is 1.57 bits per heavy atom. The number of rotatable bonds is 1. The van der Waals surface area contributed by atoms with Crippen LogP contribution in [0.25, 0.3) is 11.1 Å². The minimum atomic E-state index is 0. The van der Waals surface area contributed by atoms with E-state index in [0.717, 1.165) is 45.3 Å². The zero-order valence-corrected chi connectivity index (χ0v) is 13.1. The molecule has 0 amide bonds. The largest absolute Gasteiger partial charge is 1.00 e. The molecular weight excluding hydrogens is 308 g/mol. The second-order valence-electron chi connectivity index (χ2n) is 5.48. The number of quaternary nitrogens is 1. The molecule has 116 valence electrons. The van der Waals surface area contributed by atoms with Crippen LogP contribution >= 0.6 is 0 Å². The van der Waals surface area contributed by atoms with E-state index in [1.54, 1.807) is 0 Å². The third kappa shape index (κ3) is 2.59. The Bertz CT molecular complexity index is 862. The van der Waals surface area contributed by atoms with Gasteiger partial charge >= 0.3 is 0 Å². The average Bonchev–Trinajstić information content (AvgIpc) is 2.54. The highest BCUT2D eigenvalue weighted by Crippen LogP contribution is 2.42. The summed E-state index contributed by atoms with van der Waals surface area (Å²) in [6, 6.07) is 20.1. The van der Waals surface area contributed by atoms with Crippen molar-refractivity contribution in [2.75, 3.05) is 16.8 Å². The SMILES string of the molecule is Nc1ccc2c(c1)Nc1c(ccc(N)c1-c1ccccc1)[NH2+]2.[Cl-]. The molecule has 1 heterocycles. The predicted octanol–water partition coefficient (Wildman–Crippen LogP) is 0.106. The highest BCUT2D eigenvalue weighted by Gasteiger charge is 2.23. The summed E-state index contributed by atoms with van der Waals surface area (Å²) in [7, 11) is 0. The highest BCUT2D eigenvalue weighted by molar-refractivity contribution is 5.96. The van der Waals surface area contributed by atoms with Crippen LogP contribution in [-0.4, -0.2) is 0 Å². The smallest absolute Gasteiger partial charge is 0.159 e. The standard InChI is InChI=1S/C18H16N4.ClH/c19-12-6-8-14-16(10-12)22-18-15(21-14)9-7-13(20)17(18)11-4-2-1-3-5-11;/h1-10,21-22H,19-20H2;1H. The van der Waals surface area contributed by atoms with Crippen LogP contribution in [0.3, 0.4) is 0 Å². The number of nitrogens with two attached hydrogens (primary N) is 3. The lowest BCUT2D eigenvalue weighted by molar-refractivity contribution is -0.477. The van der Waals surface area contributed by atoms with E-state index >= 15 is 0 Å². The van der Waals surface area contributed by atoms with E-state index in [1.807, 2.05) is 48.5 Å². The van der Waals surface area contributed by atoms with Crippen LogP contribution in [0.1, 0.15) is 0 Å². The quantitative estimate of drug-likeness (QED) is 0.375. The second-order valence-corrected chi connectivity index (χ2v) is 5.48. The van der Waals surface area contributed by atoms with E-state index < -0.39 is 0 Å². The molecule has 0 fully saturated rings. The second kappa shape index (κ2) is 5.83. The summed E-state index contributed by atoms with van der Waals surface area (Å²) in [6.45, 7) is 0. The normalized spacial score (nSPS) is 11.7. The predicted molar refractivity (Wildman–Crippen MR) is 91.7 cm³/mol.